The van der Waals surface area contributed by atoms with Gasteiger partial charge in [-0.1, -0.05) is 36.9 Å². The minimum atomic E-state index is 0.685. The molecule has 1 aromatic rings. The van der Waals surface area contributed by atoms with Gasteiger partial charge >= 0.3 is 0 Å². The molecule has 1 N–H and O–H groups in total. The zero-order chi connectivity index (χ0) is 13.7. The third-order valence-corrected chi connectivity index (χ3v) is 4.00. The molecule has 2 nitrogen and oxygen atoms in total. The van der Waals surface area contributed by atoms with E-state index in [0.717, 1.165) is 19.0 Å². The summed E-state index contributed by atoms with van der Waals surface area (Å²) in [5.74, 6) is 0.797. The van der Waals surface area contributed by atoms with Crippen LogP contribution in [0.25, 0.3) is 5.57 Å². The maximum atomic E-state index is 4.16. The lowest BCUT2D eigenvalue weighted by Gasteiger charge is -2.20. The van der Waals surface area contributed by atoms with E-state index in [1.807, 2.05) is 6.07 Å². The Morgan fingerprint density at radius 2 is 2.11 bits per heavy atom. The van der Waals surface area contributed by atoms with E-state index >= 15 is 0 Å². The van der Waals surface area contributed by atoms with Crippen molar-refractivity contribution in [3.05, 3.63) is 42.5 Å². The highest BCUT2D eigenvalue weighted by Crippen LogP contribution is 2.18. The Labute approximate surface area is 117 Å². The fraction of sp³-hybridized carbons (Fsp3) is 0.529. The first-order valence-corrected chi connectivity index (χ1v) is 7.34. The fourth-order valence-corrected chi connectivity index (χ4v) is 2.70. The van der Waals surface area contributed by atoms with Crippen LogP contribution in [0.3, 0.4) is 0 Å². The van der Waals surface area contributed by atoms with Crippen LogP contribution in [0.5, 0.6) is 0 Å². The summed E-state index contributed by atoms with van der Waals surface area (Å²) in [5.41, 5.74) is 2.42. The number of benzene rings is 1. The molecule has 1 aliphatic rings. The standard InChI is InChI=1S/C17H26N2/c1-14(2)19-10-9-16(13-19)12-18-11-15(3)17-7-5-4-6-8-17/h4-8,14,16,18H,3,9-13H2,1-2H3. The molecule has 1 fully saturated rings. The van der Waals surface area contributed by atoms with Gasteiger partial charge in [-0.05, 0) is 50.4 Å². The van der Waals surface area contributed by atoms with Gasteiger partial charge < -0.3 is 10.2 Å². The van der Waals surface area contributed by atoms with Crippen LogP contribution >= 0.6 is 0 Å². The monoisotopic (exact) mass is 258 g/mol. The lowest BCUT2D eigenvalue weighted by molar-refractivity contribution is 0.264. The number of nitrogens with one attached hydrogen (secondary N) is 1. The minimum absolute atomic E-state index is 0.685. The summed E-state index contributed by atoms with van der Waals surface area (Å²) in [5, 5.41) is 3.56. The van der Waals surface area contributed by atoms with Crippen LogP contribution in [0.15, 0.2) is 36.9 Å². The molecule has 19 heavy (non-hydrogen) atoms. The third-order valence-electron chi connectivity index (χ3n) is 4.00. The Kier molecular flexibility index (Phi) is 5.17. The Bertz CT molecular complexity index is 397. The van der Waals surface area contributed by atoms with Crippen molar-refractivity contribution in [3.8, 4) is 0 Å². The molecule has 0 amide bonds. The van der Waals surface area contributed by atoms with Gasteiger partial charge in [0.15, 0.2) is 0 Å². The van der Waals surface area contributed by atoms with Gasteiger partial charge in [0.1, 0.15) is 0 Å². The number of likely N-dealkylation sites (tertiary alicyclic amines) is 1. The van der Waals surface area contributed by atoms with E-state index in [1.165, 1.54) is 30.6 Å². The van der Waals surface area contributed by atoms with Gasteiger partial charge in [-0.15, -0.1) is 0 Å². The van der Waals surface area contributed by atoms with Gasteiger partial charge in [-0.25, -0.2) is 0 Å². The van der Waals surface area contributed by atoms with Crippen molar-refractivity contribution >= 4 is 5.57 Å². The summed E-state index contributed by atoms with van der Waals surface area (Å²) in [4.78, 5) is 2.57. The van der Waals surface area contributed by atoms with E-state index in [0.29, 0.717) is 6.04 Å². The first-order valence-electron chi connectivity index (χ1n) is 7.34. The fourth-order valence-electron chi connectivity index (χ4n) is 2.70. The first kappa shape index (κ1) is 14.3. The van der Waals surface area contributed by atoms with Crippen molar-refractivity contribution in [1.29, 1.82) is 0 Å². The van der Waals surface area contributed by atoms with Gasteiger partial charge in [0.05, 0.1) is 0 Å². The lowest BCUT2D eigenvalue weighted by Crippen LogP contribution is -2.31. The smallest absolute Gasteiger partial charge is 0.0205 e. The van der Waals surface area contributed by atoms with E-state index in [1.54, 1.807) is 0 Å². The summed E-state index contributed by atoms with van der Waals surface area (Å²) < 4.78 is 0. The van der Waals surface area contributed by atoms with Crippen LogP contribution in [0.4, 0.5) is 0 Å². The summed E-state index contributed by atoms with van der Waals surface area (Å²) in [7, 11) is 0. The molecule has 2 heteroatoms. The highest BCUT2D eigenvalue weighted by molar-refractivity contribution is 5.64. The third kappa shape index (κ3) is 4.19. The summed E-state index contributed by atoms with van der Waals surface area (Å²) in [6.07, 6.45) is 1.32. The van der Waals surface area contributed by atoms with Gasteiger partial charge in [0.25, 0.3) is 0 Å². The van der Waals surface area contributed by atoms with Crippen LogP contribution in [-0.4, -0.2) is 37.1 Å². The summed E-state index contributed by atoms with van der Waals surface area (Å²) in [6, 6.07) is 11.1. The maximum absolute atomic E-state index is 4.16. The molecule has 1 unspecified atom stereocenters. The van der Waals surface area contributed by atoms with Crippen LogP contribution in [0.2, 0.25) is 0 Å². The topological polar surface area (TPSA) is 15.3 Å². The minimum Gasteiger partial charge on any atom is -0.312 e. The van der Waals surface area contributed by atoms with Crippen molar-refractivity contribution in [2.45, 2.75) is 26.3 Å². The molecule has 104 valence electrons. The average molecular weight is 258 g/mol. The normalized spacial score (nSPS) is 20.1. The Hall–Kier alpha value is -1.12. The summed E-state index contributed by atoms with van der Waals surface area (Å²) in [6.45, 7) is 13.2. The van der Waals surface area contributed by atoms with Crippen molar-refractivity contribution in [2.24, 2.45) is 5.92 Å². The molecule has 1 aromatic carbocycles. The van der Waals surface area contributed by atoms with Crippen molar-refractivity contribution in [3.63, 3.8) is 0 Å². The molecule has 0 spiro atoms. The highest BCUT2D eigenvalue weighted by atomic mass is 15.2. The van der Waals surface area contributed by atoms with E-state index in [-0.39, 0.29) is 0 Å². The van der Waals surface area contributed by atoms with Crippen molar-refractivity contribution in [1.82, 2.24) is 10.2 Å². The first-order chi connectivity index (χ1) is 9.16. The average Bonchev–Trinajstić information content (AvgIpc) is 2.89. The SMILES string of the molecule is C=C(CNCC1CCN(C(C)C)C1)c1ccccc1. The molecular weight excluding hydrogens is 232 g/mol. The quantitative estimate of drug-likeness (QED) is 0.844. The van der Waals surface area contributed by atoms with E-state index in [2.05, 4.69) is 54.9 Å². The predicted molar refractivity (Wildman–Crippen MR) is 83.2 cm³/mol. The number of hydrogen-bond donors (Lipinski definition) is 1. The predicted octanol–water partition coefficient (Wildman–Crippen LogP) is 3.02. The Balaban J connectivity index is 1.69. The van der Waals surface area contributed by atoms with E-state index in [9.17, 15) is 0 Å². The molecular formula is C17H26N2. The van der Waals surface area contributed by atoms with Crippen LogP contribution in [0.1, 0.15) is 25.8 Å². The van der Waals surface area contributed by atoms with Crippen molar-refractivity contribution < 1.29 is 0 Å². The Morgan fingerprint density at radius 1 is 1.37 bits per heavy atom. The maximum Gasteiger partial charge on any atom is 0.0205 e. The second kappa shape index (κ2) is 6.88. The van der Waals surface area contributed by atoms with Crippen LogP contribution < -0.4 is 5.32 Å². The second-order valence-corrected chi connectivity index (χ2v) is 5.84. The van der Waals surface area contributed by atoms with Gasteiger partial charge in [0.2, 0.25) is 0 Å². The van der Waals surface area contributed by atoms with Gasteiger partial charge in [0, 0.05) is 19.1 Å². The zero-order valence-corrected chi connectivity index (χ0v) is 12.2. The molecule has 0 aliphatic carbocycles. The highest BCUT2D eigenvalue weighted by Gasteiger charge is 2.23. The zero-order valence-electron chi connectivity index (χ0n) is 12.2. The summed E-state index contributed by atoms with van der Waals surface area (Å²) >= 11 is 0. The van der Waals surface area contributed by atoms with E-state index in [4.69, 9.17) is 0 Å². The molecule has 1 atom stereocenters. The molecule has 0 radical (unpaired) electrons. The molecule has 0 aromatic heterocycles. The Morgan fingerprint density at radius 3 is 2.74 bits per heavy atom. The molecule has 0 saturated carbocycles. The number of hydrogen-bond acceptors (Lipinski definition) is 2. The largest absolute Gasteiger partial charge is 0.312 e. The number of rotatable bonds is 6. The lowest BCUT2D eigenvalue weighted by atomic mass is 10.1. The molecule has 0 bridgehead atoms. The van der Waals surface area contributed by atoms with Gasteiger partial charge in [-0.3, -0.25) is 0 Å². The molecule has 1 saturated heterocycles. The second-order valence-electron chi connectivity index (χ2n) is 5.84. The number of nitrogens with zero attached hydrogens (tertiary/aromatic N) is 1. The molecule has 1 heterocycles. The van der Waals surface area contributed by atoms with Gasteiger partial charge in [-0.2, -0.15) is 0 Å². The van der Waals surface area contributed by atoms with Crippen LogP contribution in [0, 0.1) is 5.92 Å². The van der Waals surface area contributed by atoms with E-state index < -0.39 is 0 Å². The molecule has 2 rings (SSSR count). The van der Waals surface area contributed by atoms with Crippen molar-refractivity contribution in [2.75, 3.05) is 26.2 Å². The molecule has 1 aliphatic heterocycles. The van der Waals surface area contributed by atoms with Crippen LogP contribution in [-0.2, 0) is 0 Å².